The average molecular weight is 341 g/mol. The molecule has 0 aromatic heterocycles. The van der Waals surface area contributed by atoms with Crippen LogP contribution >= 0.6 is 0 Å². The molecule has 2 aliphatic carbocycles. The van der Waals surface area contributed by atoms with Crippen LogP contribution in [0.25, 0.3) is 0 Å². The fourth-order valence-corrected chi connectivity index (χ4v) is 4.47. The Kier molecular flexibility index (Phi) is 4.09. The third-order valence-corrected chi connectivity index (χ3v) is 6.36. The second-order valence-corrected chi connectivity index (χ2v) is 8.46. The van der Waals surface area contributed by atoms with Crippen molar-refractivity contribution in [3.63, 3.8) is 0 Å². The fourth-order valence-electron chi connectivity index (χ4n) is 4.47. The second kappa shape index (κ2) is 6.15. The van der Waals surface area contributed by atoms with Gasteiger partial charge in [0.25, 0.3) is 0 Å². The van der Waals surface area contributed by atoms with Crippen molar-refractivity contribution in [2.24, 2.45) is 23.7 Å². The van der Waals surface area contributed by atoms with E-state index in [1.165, 1.54) is 11.1 Å². The fraction of sp³-hybridized carbons (Fsp3) is 0.619. The molecule has 1 amide bonds. The zero-order valence-corrected chi connectivity index (χ0v) is 15.0. The number of hydrogen-bond acceptors (Lipinski definition) is 2. The summed E-state index contributed by atoms with van der Waals surface area (Å²) in [6.07, 6.45) is 3.16. The summed E-state index contributed by atoms with van der Waals surface area (Å²) >= 11 is 0. The molecular weight excluding hydrogens is 314 g/mol. The van der Waals surface area contributed by atoms with Gasteiger partial charge in [-0.05, 0) is 54.1 Å². The first kappa shape index (κ1) is 16.6. The summed E-state index contributed by atoms with van der Waals surface area (Å²) in [7, 11) is 0. The molecule has 4 rings (SSSR count). The number of carbonyl (C=O) groups excluding carboxylic acids is 1. The Morgan fingerprint density at radius 1 is 1.08 bits per heavy atom. The van der Waals surface area contributed by atoms with Crippen LogP contribution < -0.4 is 0 Å². The van der Waals surface area contributed by atoms with Crippen LogP contribution in [-0.2, 0) is 9.59 Å². The lowest BCUT2D eigenvalue weighted by atomic mass is 9.92. The maximum absolute atomic E-state index is 12.9. The summed E-state index contributed by atoms with van der Waals surface area (Å²) in [6.45, 7) is 5.42. The minimum Gasteiger partial charge on any atom is -0.481 e. The highest BCUT2D eigenvalue weighted by Crippen LogP contribution is 2.50. The second-order valence-electron chi connectivity index (χ2n) is 8.46. The predicted octanol–water partition coefficient (Wildman–Crippen LogP) is 3.48. The summed E-state index contributed by atoms with van der Waals surface area (Å²) < 4.78 is 0. The van der Waals surface area contributed by atoms with Crippen LogP contribution in [0, 0.1) is 23.7 Å². The number of carboxylic acid groups (broad SMARTS) is 1. The average Bonchev–Trinajstić information content (AvgIpc) is 3.51. The van der Waals surface area contributed by atoms with E-state index >= 15 is 0 Å². The van der Waals surface area contributed by atoms with Crippen molar-refractivity contribution in [2.75, 3.05) is 13.1 Å². The maximum atomic E-state index is 12.9. The minimum absolute atomic E-state index is 0.0531. The Labute approximate surface area is 149 Å². The number of rotatable bonds is 5. The summed E-state index contributed by atoms with van der Waals surface area (Å²) in [6, 6.07) is 8.65. The Hall–Kier alpha value is -1.84. The van der Waals surface area contributed by atoms with Gasteiger partial charge in [0, 0.05) is 19.0 Å². The SMILES string of the molecule is CC(C)c1ccc(C2CC2C(=O)N2C[C@H](C(=O)O)[C@@H](C3CC3)C2)cc1. The van der Waals surface area contributed by atoms with E-state index in [-0.39, 0.29) is 23.7 Å². The van der Waals surface area contributed by atoms with Gasteiger partial charge < -0.3 is 10.0 Å². The van der Waals surface area contributed by atoms with E-state index < -0.39 is 5.97 Å². The van der Waals surface area contributed by atoms with Crippen LogP contribution in [0.3, 0.4) is 0 Å². The number of hydrogen-bond donors (Lipinski definition) is 1. The molecular formula is C21H27NO3. The van der Waals surface area contributed by atoms with Crippen molar-refractivity contribution in [3.05, 3.63) is 35.4 Å². The van der Waals surface area contributed by atoms with Gasteiger partial charge in [-0.2, -0.15) is 0 Å². The number of aliphatic carboxylic acids is 1. The number of carboxylic acids is 1. The molecule has 3 aliphatic rings. The van der Waals surface area contributed by atoms with Crippen LogP contribution in [0.2, 0.25) is 0 Å². The van der Waals surface area contributed by atoms with E-state index in [4.69, 9.17) is 0 Å². The monoisotopic (exact) mass is 341 g/mol. The van der Waals surface area contributed by atoms with E-state index in [0.29, 0.717) is 30.8 Å². The van der Waals surface area contributed by atoms with Gasteiger partial charge in [0.05, 0.1) is 5.92 Å². The normalized spacial score (nSPS) is 31.4. The number of nitrogens with zero attached hydrogens (tertiary/aromatic N) is 1. The van der Waals surface area contributed by atoms with Crippen molar-refractivity contribution in [2.45, 2.75) is 44.9 Å². The van der Waals surface area contributed by atoms with Crippen LogP contribution in [0.5, 0.6) is 0 Å². The minimum atomic E-state index is -0.733. The lowest BCUT2D eigenvalue weighted by molar-refractivity contribution is -0.142. The number of benzene rings is 1. The predicted molar refractivity (Wildman–Crippen MR) is 95.3 cm³/mol. The first-order valence-corrected chi connectivity index (χ1v) is 9.57. The van der Waals surface area contributed by atoms with Crippen molar-refractivity contribution >= 4 is 11.9 Å². The molecule has 1 aliphatic heterocycles. The molecule has 4 nitrogen and oxygen atoms in total. The quantitative estimate of drug-likeness (QED) is 0.892. The van der Waals surface area contributed by atoms with Gasteiger partial charge >= 0.3 is 5.97 Å². The van der Waals surface area contributed by atoms with Crippen molar-refractivity contribution < 1.29 is 14.7 Å². The Balaban J connectivity index is 1.40. The Morgan fingerprint density at radius 3 is 2.32 bits per heavy atom. The smallest absolute Gasteiger partial charge is 0.308 e. The van der Waals surface area contributed by atoms with Gasteiger partial charge in [-0.25, -0.2) is 0 Å². The number of amides is 1. The highest BCUT2D eigenvalue weighted by molar-refractivity contribution is 5.84. The lowest BCUT2D eigenvalue weighted by Gasteiger charge is -2.16. The summed E-state index contributed by atoms with van der Waals surface area (Å²) in [5.74, 6) is 0.661. The maximum Gasteiger partial charge on any atom is 0.308 e. The highest BCUT2D eigenvalue weighted by Gasteiger charge is 2.51. The molecule has 0 bridgehead atoms. The van der Waals surface area contributed by atoms with E-state index in [1.807, 2.05) is 4.90 Å². The standard InChI is InChI=1S/C21H27NO3/c1-12(2)13-3-5-14(6-4-13)16-9-17(16)20(23)22-10-18(15-7-8-15)19(11-22)21(24)25/h3-6,12,15-19H,7-11H2,1-2H3,(H,24,25)/t16?,17?,18-,19+/m1/s1. The molecule has 4 atom stereocenters. The summed E-state index contributed by atoms with van der Waals surface area (Å²) in [4.78, 5) is 26.2. The lowest BCUT2D eigenvalue weighted by Crippen LogP contribution is -2.31. The van der Waals surface area contributed by atoms with Crippen LogP contribution in [0.1, 0.15) is 56.1 Å². The molecule has 2 unspecified atom stereocenters. The Bertz CT molecular complexity index is 677. The summed E-state index contributed by atoms with van der Waals surface area (Å²) in [5, 5.41) is 9.48. The highest BCUT2D eigenvalue weighted by atomic mass is 16.4. The number of carbonyl (C=O) groups is 2. The van der Waals surface area contributed by atoms with Crippen LogP contribution in [0.15, 0.2) is 24.3 Å². The van der Waals surface area contributed by atoms with E-state index in [1.54, 1.807) is 0 Å². The molecule has 0 radical (unpaired) electrons. The third kappa shape index (κ3) is 3.19. The molecule has 134 valence electrons. The largest absolute Gasteiger partial charge is 0.481 e. The van der Waals surface area contributed by atoms with Crippen molar-refractivity contribution in [1.29, 1.82) is 0 Å². The third-order valence-electron chi connectivity index (χ3n) is 6.36. The van der Waals surface area contributed by atoms with Crippen molar-refractivity contribution in [3.8, 4) is 0 Å². The van der Waals surface area contributed by atoms with Crippen LogP contribution in [-0.4, -0.2) is 35.0 Å². The first-order valence-electron chi connectivity index (χ1n) is 9.57. The van der Waals surface area contributed by atoms with Gasteiger partial charge in [0.1, 0.15) is 0 Å². The molecule has 1 aromatic rings. The molecule has 1 aromatic carbocycles. The molecule has 1 saturated heterocycles. The molecule has 4 heteroatoms. The van der Waals surface area contributed by atoms with Gasteiger partial charge in [-0.15, -0.1) is 0 Å². The van der Waals surface area contributed by atoms with Crippen LogP contribution in [0.4, 0.5) is 0 Å². The molecule has 1 N–H and O–H groups in total. The van der Waals surface area contributed by atoms with E-state index in [0.717, 1.165) is 19.3 Å². The zero-order valence-electron chi connectivity index (χ0n) is 15.0. The van der Waals surface area contributed by atoms with Gasteiger partial charge in [-0.3, -0.25) is 9.59 Å². The van der Waals surface area contributed by atoms with Gasteiger partial charge in [-0.1, -0.05) is 38.1 Å². The molecule has 25 heavy (non-hydrogen) atoms. The summed E-state index contributed by atoms with van der Waals surface area (Å²) in [5.41, 5.74) is 2.57. The molecule has 0 spiro atoms. The van der Waals surface area contributed by atoms with E-state index in [9.17, 15) is 14.7 Å². The molecule has 2 saturated carbocycles. The number of likely N-dealkylation sites (tertiary alicyclic amines) is 1. The van der Waals surface area contributed by atoms with Crippen molar-refractivity contribution in [1.82, 2.24) is 4.90 Å². The molecule has 1 heterocycles. The van der Waals surface area contributed by atoms with Gasteiger partial charge in [0.15, 0.2) is 0 Å². The molecule has 3 fully saturated rings. The topological polar surface area (TPSA) is 57.6 Å². The Morgan fingerprint density at radius 2 is 1.76 bits per heavy atom. The first-order chi connectivity index (χ1) is 12.0. The zero-order chi connectivity index (χ0) is 17.7. The van der Waals surface area contributed by atoms with Gasteiger partial charge in [0.2, 0.25) is 5.91 Å². The van der Waals surface area contributed by atoms with E-state index in [2.05, 4.69) is 38.1 Å².